The van der Waals surface area contributed by atoms with E-state index in [1.54, 1.807) is 18.2 Å². The number of benzene rings is 1. The zero-order valence-electron chi connectivity index (χ0n) is 12.2. The summed E-state index contributed by atoms with van der Waals surface area (Å²) in [5.74, 6) is 0.450. The Kier molecular flexibility index (Phi) is 7.01. The molecule has 0 atom stereocenters. The molecule has 0 aliphatic rings. The maximum Gasteiger partial charge on any atom is 0.257 e. The predicted octanol–water partition coefficient (Wildman–Crippen LogP) is 2.88. The van der Waals surface area contributed by atoms with Gasteiger partial charge in [-0.25, -0.2) is 0 Å². The van der Waals surface area contributed by atoms with Crippen LogP contribution >= 0.6 is 12.2 Å². The second-order valence-electron chi connectivity index (χ2n) is 4.76. The molecule has 20 heavy (non-hydrogen) atoms. The van der Waals surface area contributed by atoms with Crippen molar-refractivity contribution in [3.05, 3.63) is 29.8 Å². The molecule has 1 amide bonds. The van der Waals surface area contributed by atoms with E-state index in [2.05, 4.69) is 17.6 Å². The number of hydrogen-bond donors (Lipinski definition) is 2. The van der Waals surface area contributed by atoms with Crippen molar-refractivity contribution in [2.24, 2.45) is 0 Å². The molecular formula is C15H22N2O2S. The fourth-order valence-corrected chi connectivity index (χ4v) is 1.78. The van der Waals surface area contributed by atoms with Gasteiger partial charge in [0.2, 0.25) is 0 Å². The first-order chi connectivity index (χ1) is 9.52. The Morgan fingerprint density at radius 1 is 1.40 bits per heavy atom. The standard InChI is InChI=1S/C15H22N2O2S/c1-4-5-9-16-15(20)17-14(18)12-7-6-8-13(10-12)19-11(2)3/h6-8,10-11H,4-5,9H2,1-3H3,(H2,16,17,18,20). The maximum absolute atomic E-state index is 12.0. The van der Waals surface area contributed by atoms with Crippen LogP contribution in [-0.4, -0.2) is 23.7 Å². The van der Waals surface area contributed by atoms with E-state index in [0.717, 1.165) is 19.4 Å². The highest BCUT2D eigenvalue weighted by atomic mass is 32.1. The molecule has 0 aliphatic carbocycles. The van der Waals surface area contributed by atoms with Crippen LogP contribution in [0.1, 0.15) is 44.0 Å². The van der Waals surface area contributed by atoms with Crippen LogP contribution in [0.5, 0.6) is 5.75 Å². The molecule has 1 aromatic carbocycles. The first-order valence-electron chi connectivity index (χ1n) is 6.88. The highest BCUT2D eigenvalue weighted by Crippen LogP contribution is 2.14. The maximum atomic E-state index is 12.0. The molecule has 1 rings (SSSR count). The van der Waals surface area contributed by atoms with E-state index < -0.39 is 0 Å². The van der Waals surface area contributed by atoms with E-state index >= 15 is 0 Å². The Morgan fingerprint density at radius 2 is 2.15 bits per heavy atom. The van der Waals surface area contributed by atoms with Crippen molar-refractivity contribution >= 4 is 23.2 Å². The molecule has 0 bridgehead atoms. The third-order valence-corrected chi connectivity index (χ3v) is 2.76. The summed E-state index contributed by atoms with van der Waals surface area (Å²) in [5, 5.41) is 6.02. The first kappa shape index (κ1) is 16.4. The molecule has 0 radical (unpaired) electrons. The van der Waals surface area contributed by atoms with Gasteiger partial charge in [0.05, 0.1) is 6.10 Å². The van der Waals surface area contributed by atoms with Crippen molar-refractivity contribution < 1.29 is 9.53 Å². The molecule has 0 saturated heterocycles. The summed E-state index contributed by atoms with van der Waals surface area (Å²) in [4.78, 5) is 12.0. The van der Waals surface area contributed by atoms with Gasteiger partial charge in [0.15, 0.2) is 5.11 Å². The number of amides is 1. The predicted molar refractivity (Wildman–Crippen MR) is 85.2 cm³/mol. The van der Waals surface area contributed by atoms with Crippen LogP contribution in [0.25, 0.3) is 0 Å². The fourth-order valence-electron chi connectivity index (χ4n) is 1.58. The summed E-state index contributed by atoms with van der Waals surface area (Å²) in [5.41, 5.74) is 0.530. The Bertz CT molecular complexity index is 461. The van der Waals surface area contributed by atoms with Crippen LogP contribution in [0, 0.1) is 0 Å². The topological polar surface area (TPSA) is 50.4 Å². The smallest absolute Gasteiger partial charge is 0.257 e. The lowest BCUT2D eigenvalue weighted by atomic mass is 10.2. The molecule has 0 aromatic heterocycles. The number of rotatable bonds is 6. The minimum Gasteiger partial charge on any atom is -0.491 e. The van der Waals surface area contributed by atoms with Gasteiger partial charge in [0, 0.05) is 12.1 Å². The Balaban J connectivity index is 2.56. The van der Waals surface area contributed by atoms with Crippen molar-refractivity contribution in [1.29, 1.82) is 0 Å². The Morgan fingerprint density at radius 3 is 2.80 bits per heavy atom. The summed E-state index contributed by atoms with van der Waals surface area (Å²) in [6, 6.07) is 7.07. The number of carbonyl (C=O) groups is 1. The van der Waals surface area contributed by atoms with E-state index in [1.165, 1.54) is 0 Å². The third kappa shape index (κ3) is 6.02. The van der Waals surface area contributed by atoms with E-state index in [-0.39, 0.29) is 12.0 Å². The van der Waals surface area contributed by atoms with Gasteiger partial charge in [-0.1, -0.05) is 19.4 Å². The highest BCUT2D eigenvalue weighted by Gasteiger charge is 2.09. The zero-order valence-corrected chi connectivity index (χ0v) is 13.0. The first-order valence-corrected chi connectivity index (χ1v) is 7.29. The van der Waals surface area contributed by atoms with Gasteiger partial charge in [-0.05, 0) is 50.7 Å². The molecule has 5 heteroatoms. The Labute approximate surface area is 125 Å². The quantitative estimate of drug-likeness (QED) is 0.626. The summed E-state index contributed by atoms with van der Waals surface area (Å²) < 4.78 is 5.56. The van der Waals surface area contributed by atoms with Crippen molar-refractivity contribution in [2.45, 2.75) is 39.7 Å². The van der Waals surface area contributed by atoms with Crippen LogP contribution < -0.4 is 15.4 Å². The molecule has 0 saturated carbocycles. The fraction of sp³-hybridized carbons (Fsp3) is 0.467. The summed E-state index contributed by atoms with van der Waals surface area (Å²) in [6.07, 6.45) is 2.18. The summed E-state index contributed by atoms with van der Waals surface area (Å²) in [6.45, 7) is 6.76. The van der Waals surface area contributed by atoms with Crippen LogP contribution in [-0.2, 0) is 0 Å². The minimum absolute atomic E-state index is 0.0742. The van der Waals surface area contributed by atoms with Crippen molar-refractivity contribution in [3.8, 4) is 5.75 Å². The lowest BCUT2D eigenvalue weighted by Gasteiger charge is -2.12. The molecule has 2 N–H and O–H groups in total. The number of thiocarbonyl (C=S) groups is 1. The normalized spacial score (nSPS) is 10.2. The molecule has 110 valence electrons. The van der Waals surface area contributed by atoms with Gasteiger partial charge >= 0.3 is 0 Å². The van der Waals surface area contributed by atoms with Gasteiger partial charge in [-0.3, -0.25) is 10.1 Å². The second kappa shape index (κ2) is 8.53. The number of ether oxygens (including phenoxy) is 1. The van der Waals surface area contributed by atoms with Gasteiger partial charge < -0.3 is 10.1 Å². The highest BCUT2D eigenvalue weighted by molar-refractivity contribution is 7.80. The average Bonchev–Trinajstić information content (AvgIpc) is 2.38. The molecule has 0 spiro atoms. The molecular weight excluding hydrogens is 272 g/mol. The Hall–Kier alpha value is -1.62. The monoisotopic (exact) mass is 294 g/mol. The molecule has 0 fully saturated rings. The summed E-state index contributed by atoms with van der Waals surface area (Å²) in [7, 11) is 0. The van der Waals surface area contributed by atoms with Crippen molar-refractivity contribution in [2.75, 3.05) is 6.54 Å². The lowest BCUT2D eigenvalue weighted by molar-refractivity contribution is 0.0976. The summed E-state index contributed by atoms with van der Waals surface area (Å²) >= 11 is 5.07. The van der Waals surface area contributed by atoms with Crippen LogP contribution in [0.4, 0.5) is 0 Å². The minimum atomic E-state index is -0.229. The largest absolute Gasteiger partial charge is 0.491 e. The van der Waals surface area contributed by atoms with Crippen LogP contribution in [0.15, 0.2) is 24.3 Å². The van der Waals surface area contributed by atoms with Gasteiger partial charge in [0.25, 0.3) is 5.91 Å². The van der Waals surface area contributed by atoms with E-state index in [1.807, 2.05) is 19.9 Å². The van der Waals surface area contributed by atoms with Gasteiger partial charge in [-0.2, -0.15) is 0 Å². The van der Waals surface area contributed by atoms with Gasteiger partial charge in [0.1, 0.15) is 5.75 Å². The second-order valence-corrected chi connectivity index (χ2v) is 5.17. The third-order valence-electron chi connectivity index (χ3n) is 2.51. The van der Waals surface area contributed by atoms with Gasteiger partial charge in [-0.15, -0.1) is 0 Å². The van der Waals surface area contributed by atoms with E-state index in [9.17, 15) is 4.79 Å². The number of unbranched alkanes of at least 4 members (excludes halogenated alkanes) is 1. The van der Waals surface area contributed by atoms with Crippen LogP contribution in [0.3, 0.4) is 0 Å². The average molecular weight is 294 g/mol. The van der Waals surface area contributed by atoms with Crippen molar-refractivity contribution in [3.63, 3.8) is 0 Å². The number of hydrogen-bond acceptors (Lipinski definition) is 3. The van der Waals surface area contributed by atoms with Crippen LogP contribution in [0.2, 0.25) is 0 Å². The van der Waals surface area contributed by atoms with Crippen molar-refractivity contribution in [1.82, 2.24) is 10.6 Å². The molecule has 4 nitrogen and oxygen atoms in total. The number of nitrogens with one attached hydrogen (secondary N) is 2. The van der Waals surface area contributed by atoms with E-state index in [0.29, 0.717) is 16.4 Å². The molecule has 1 aromatic rings. The molecule has 0 aliphatic heterocycles. The number of carbonyl (C=O) groups excluding carboxylic acids is 1. The van der Waals surface area contributed by atoms with E-state index in [4.69, 9.17) is 17.0 Å². The molecule has 0 unspecified atom stereocenters. The zero-order chi connectivity index (χ0) is 15.0. The SMILES string of the molecule is CCCCNC(=S)NC(=O)c1cccc(OC(C)C)c1. The molecule has 0 heterocycles. The lowest BCUT2D eigenvalue weighted by Crippen LogP contribution is -2.39.